The van der Waals surface area contributed by atoms with Gasteiger partial charge in [0.25, 0.3) is 5.69 Å². The van der Waals surface area contributed by atoms with E-state index in [4.69, 9.17) is 0 Å². The van der Waals surface area contributed by atoms with Crippen LogP contribution in [0.5, 0.6) is 0 Å². The molecular formula is C21H25N3O3. The smallest absolute Gasteiger partial charge is 0.292 e. The molecule has 0 saturated carbocycles. The summed E-state index contributed by atoms with van der Waals surface area (Å²) in [5.41, 5.74) is 3.94. The highest BCUT2D eigenvalue weighted by atomic mass is 16.6. The fourth-order valence-electron chi connectivity index (χ4n) is 3.80. The third kappa shape index (κ3) is 4.10. The van der Waals surface area contributed by atoms with Gasteiger partial charge in [0.1, 0.15) is 5.69 Å². The summed E-state index contributed by atoms with van der Waals surface area (Å²) in [5.74, 6) is 0.0528. The van der Waals surface area contributed by atoms with E-state index in [2.05, 4.69) is 6.07 Å². The first-order valence-corrected chi connectivity index (χ1v) is 9.21. The topological polar surface area (TPSA) is 66.7 Å². The lowest BCUT2D eigenvalue weighted by Crippen LogP contribution is -2.41. The van der Waals surface area contributed by atoms with Crippen LogP contribution in [-0.2, 0) is 4.79 Å². The van der Waals surface area contributed by atoms with Crippen molar-refractivity contribution in [2.75, 3.05) is 29.9 Å². The van der Waals surface area contributed by atoms with Crippen LogP contribution in [0.4, 0.5) is 17.1 Å². The van der Waals surface area contributed by atoms with Gasteiger partial charge in [-0.2, -0.15) is 0 Å². The Hall–Kier alpha value is -2.89. The summed E-state index contributed by atoms with van der Waals surface area (Å²) in [7, 11) is 1.82. The number of hydrogen-bond acceptors (Lipinski definition) is 4. The van der Waals surface area contributed by atoms with E-state index in [1.165, 1.54) is 6.07 Å². The van der Waals surface area contributed by atoms with E-state index < -0.39 is 0 Å². The Morgan fingerprint density at radius 1 is 1.11 bits per heavy atom. The Morgan fingerprint density at radius 2 is 1.70 bits per heavy atom. The van der Waals surface area contributed by atoms with Crippen LogP contribution in [0.15, 0.2) is 42.5 Å². The van der Waals surface area contributed by atoms with Gasteiger partial charge in [-0.05, 0) is 56.0 Å². The van der Waals surface area contributed by atoms with Gasteiger partial charge in [-0.1, -0.05) is 18.2 Å². The number of hydrogen-bond donors (Lipinski definition) is 0. The molecule has 0 bridgehead atoms. The molecule has 6 heteroatoms. The second kappa shape index (κ2) is 7.78. The van der Waals surface area contributed by atoms with Crippen LogP contribution in [-0.4, -0.2) is 31.0 Å². The molecule has 2 aromatic rings. The highest BCUT2D eigenvalue weighted by Crippen LogP contribution is 2.32. The Morgan fingerprint density at radius 3 is 2.30 bits per heavy atom. The number of aryl methyl sites for hydroxylation is 2. The van der Waals surface area contributed by atoms with E-state index >= 15 is 0 Å². The molecule has 0 spiro atoms. The molecule has 0 N–H and O–H groups in total. The van der Waals surface area contributed by atoms with Crippen molar-refractivity contribution in [1.29, 1.82) is 0 Å². The Labute approximate surface area is 159 Å². The van der Waals surface area contributed by atoms with E-state index in [9.17, 15) is 14.9 Å². The van der Waals surface area contributed by atoms with E-state index in [0.717, 1.165) is 16.8 Å². The summed E-state index contributed by atoms with van der Waals surface area (Å²) >= 11 is 0. The van der Waals surface area contributed by atoms with Crippen LogP contribution < -0.4 is 9.80 Å². The number of anilines is 2. The molecule has 6 nitrogen and oxygen atoms in total. The second-order valence-corrected chi connectivity index (χ2v) is 7.25. The van der Waals surface area contributed by atoms with Crippen molar-refractivity contribution in [3.63, 3.8) is 0 Å². The minimum atomic E-state index is -0.347. The largest absolute Gasteiger partial charge is 0.366 e. The maximum atomic E-state index is 12.9. The molecule has 0 aliphatic carbocycles. The van der Waals surface area contributed by atoms with Crippen molar-refractivity contribution in [3.8, 4) is 0 Å². The first-order valence-electron chi connectivity index (χ1n) is 9.21. The molecule has 1 aliphatic heterocycles. The van der Waals surface area contributed by atoms with Crippen LogP contribution in [0, 0.1) is 29.9 Å². The number of nitro benzene ring substituents is 1. The maximum Gasteiger partial charge on any atom is 0.292 e. The number of piperidine rings is 1. The number of amides is 1. The maximum absolute atomic E-state index is 12.9. The molecule has 1 fully saturated rings. The second-order valence-electron chi connectivity index (χ2n) is 7.25. The predicted molar refractivity (Wildman–Crippen MR) is 107 cm³/mol. The van der Waals surface area contributed by atoms with Gasteiger partial charge < -0.3 is 9.80 Å². The average molecular weight is 367 g/mol. The molecule has 0 atom stereocenters. The van der Waals surface area contributed by atoms with Crippen molar-refractivity contribution in [2.45, 2.75) is 26.7 Å². The summed E-state index contributed by atoms with van der Waals surface area (Å²) in [4.78, 5) is 27.6. The minimum Gasteiger partial charge on any atom is -0.366 e. The molecule has 1 aliphatic rings. The molecule has 1 heterocycles. The molecule has 0 aromatic heterocycles. The fourth-order valence-corrected chi connectivity index (χ4v) is 3.80. The lowest BCUT2D eigenvalue weighted by molar-refractivity contribution is -0.384. The van der Waals surface area contributed by atoms with Crippen LogP contribution in [0.1, 0.15) is 24.0 Å². The fraction of sp³-hybridized carbons (Fsp3) is 0.381. The van der Waals surface area contributed by atoms with E-state index in [-0.39, 0.29) is 22.4 Å². The van der Waals surface area contributed by atoms with Crippen molar-refractivity contribution >= 4 is 23.0 Å². The van der Waals surface area contributed by atoms with Crippen LogP contribution in [0.25, 0.3) is 0 Å². The van der Waals surface area contributed by atoms with Gasteiger partial charge in [-0.15, -0.1) is 0 Å². The van der Waals surface area contributed by atoms with Crippen LogP contribution in [0.2, 0.25) is 0 Å². The number of nitro groups is 1. The number of rotatable bonds is 4. The van der Waals surface area contributed by atoms with Crippen molar-refractivity contribution in [2.24, 2.45) is 5.92 Å². The highest BCUT2D eigenvalue weighted by Gasteiger charge is 2.30. The van der Waals surface area contributed by atoms with Gasteiger partial charge >= 0.3 is 0 Å². The quantitative estimate of drug-likeness (QED) is 0.603. The number of carbonyl (C=O) groups excluding carboxylic acids is 1. The Kier molecular flexibility index (Phi) is 5.44. The van der Waals surface area contributed by atoms with Crippen LogP contribution in [0.3, 0.4) is 0 Å². The Bertz CT molecular complexity index is 837. The molecule has 27 heavy (non-hydrogen) atoms. The third-order valence-electron chi connectivity index (χ3n) is 5.19. The summed E-state index contributed by atoms with van der Waals surface area (Å²) in [6.45, 7) is 5.34. The lowest BCUT2D eigenvalue weighted by atomic mass is 9.94. The summed E-state index contributed by atoms with van der Waals surface area (Å²) in [5, 5.41) is 11.3. The molecule has 2 aromatic carbocycles. The zero-order chi connectivity index (χ0) is 19.6. The zero-order valence-electron chi connectivity index (χ0n) is 16.0. The van der Waals surface area contributed by atoms with Gasteiger partial charge in [0, 0.05) is 37.8 Å². The van der Waals surface area contributed by atoms with Crippen molar-refractivity contribution in [1.82, 2.24) is 0 Å². The predicted octanol–water partition coefficient (Wildman–Crippen LogP) is 4.09. The normalized spacial score (nSPS) is 14.9. The van der Waals surface area contributed by atoms with E-state index in [1.54, 1.807) is 17.0 Å². The van der Waals surface area contributed by atoms with Crippen molar-refractivity contribution < 1.29 is 9.72 Å². The van der Waals surface area contributed by atoms with Crippen molar-refractivity contribution in [3.05, 3.63) is 63.7 Å². The SMILES string of the molecule is Cc1cc(C)cc(N(C)C(=O)C2CCN(c3ccccc3[N+](=O)[O-])CC2)c1. The lowest BCUT2D eigenvalue weighted by Gasteiger charge is -2.34. The number of benzene rings is 2. The molecule has 1 saturated heterocycles. The standard InChI is InChI=1S/C21H25N3O3/c1-15-12-16(2)14-18(13-15)22(3)21(25)17-8-10-23(11-9-17)19-6-4-5-7-20(19)24(26)27/h4-7,12-14,17H,8-11H2,1-3H3. The first-order chi connectivity index (χ1) is 12.9. The highest BCUT2D eigenvalue weighted by molar-refractivity contribution is 5.94. The van der Waals surface area contributed by atoms with Gasteiger partial charge in [0.15, 0.2) is 0 Å². The molecule has 0 unspecified atom stereocenters. The first kappa shape index (κ1) is 18.9. The number of para-hydroxylation sites is 2. The summed E-state index contributed by atoms with van der Waals surface area (Å²) < 4.78 is 0. The average Bonchev–Trinajstić information content (AvgIpc) is 2.66. The Balaban J connectivity index is 1.68. The van der Waals surface area contributed by atoms with Gasteiger partial charge in [-0.25, -0.2) is 0 Å². The van der Waals surface area contributed by atoms with E-state index in [1.807, 2.05) is 44.0 Å². The minimum absolute atomic E-state index is 0.0603. The molecule has 1 amide bonds. The van der Waals surface area contributed by atoms with Gasteiger partial charge in [-0.3, -0.25) is 14.9 Å². The molecule has 142 valence electrons. The number of nitrogens with zero attached hydrogens (tertiary/aromatic N) is 3. The van der Waals surface area contributed by atoms with Gasteiger partial charge in [0.2, 0.25) is 5.91 Å². The molecule has 3 rings (SSSR count). The van der Waals surface area contributed by atoms with E-state index in [0.29, 0.717) is 31.6 Å². The molecular weight excluding hydrogens is 342 g/mol. The van der Waals surface area contributed by atoms with Crippen LogP contribution >= 0.6 is 0 Å². The monoisotopic (exact) mass is 367 g/mol. The summed E-state index contributed by atoms with van der Waals surface area (Å²) in [6.07, 6.45) is 1.39. The third-order valence-corrected chi connectivity index (χ3v) is 5.19. The molecule has 0 radical (unpaired) electrons. The number of carbonyl (C=O) groups is 1. The zero-order valence-corrected chi connectivity index (χ0v) is 16.0. The summed E-state index contributed by atoms with van der Waals surface area (Å²) in [6, 6.07) is 12.9. The van der Waals surface area contributed by atoms with Gasteiger partial charge in [0.05, 0.1) is 4.92 Å².